The molecule has 0 spiro atoms. The van der Waals surface area contributed by atoms with E-state index in [1.54, 1.807) is 0 Å². The fourth-order valence-electron chi connectivity index (χ4n) is 1.81. The van der Waals surface area contributed by atoms with E-state index in [1.165, 1.54) is 18.2 Å². The SMILES string of the molecule is O=[N+]([O-])c1cccc(S(=O)(=O)NC2CCNC2)c1. The van der Waals surface area contributed by atoms with Crippen LogP contribution in [-0.4, -0.2) is 32.5 Å². The van der Waals surface area contributed by atoms with Gasteiger partial charge in [0.1, 0.15) is 0 Å². The average molecular weight is 271 g/mol. The maximum atomic E-state index is 12.0. The third-order valence-corrected chi connectivity index (χ3v) is 4.24. The number of nitrogens with one attached hydrogen (secondary N) is 2. The molecule has 8 heteroatoms. The first-order valence-corrected chi connectivity index (χ1v) is 6.95. The summed E-state index contributed by atoms with van der Waals surface area (Å²) in [6.07, 6.45) is 0.716. The standard InChI is InChI=1S/C10H13N3O4S/c14-13(15)9-2-1-3-10(6-9)18(16,17)12-8-4-5-11-7-8/h1-3,6,8,11-12H,4-5,7H2. The van der Waals surface area contributed by atoms with Crippen LogP contribution in [0.4, 0.5) is 5.69 Å². The van der Waals surface area contributed by atoms with E-state index >= 15 is 0 Å². The van der Waals surface area contributed by atoms with Gasteiger partial charge in [0.2, 0.25) is 10.0 Å². The zero-order valence-corrected chi connectivity index (χ0v) is 10.3. The monoisotopic (exact) mass is 271 g/mol. The van der Waals surface area contributed by atoms with Gasteiger partial charge in [0, 0.05) is 24.7 Å². The van der Waals surface area contributed by atoms with Crippen molar-refractivity contribution in [1.29, 1.82) is 0 Å². The van der Waals surface area contributed by atoms with Gasteiger partial charge >= 0.3 is 0 Å². The molecule has 1 aromatic carbocycles. The van der Waals surface area contributed by atoms with Gasteiger partial charge in [0.25, 0.3) is 5.69 Å². The molecule has 2 N–H and O–H groups in total. The quantitative estimate of drug-likeness (QED) is 0.603. The number of hydrogen-bond donors (Lipinski definition) is 2. The first kappa shape index (κ1) is 12.9. The number of nitrogens with zero attached hydrogens (tertiary/aromatic N) is 1. The van der Waals surface area contributed by atoms with Crippen molar-refractivity contribution in [3.05, 3.63) is 34.4 Å². The summed E-state index contributed by atoms with van der Waals surface area (Å²) in [4.78, 5) is 9.91. The van der Waals surface area contributed by atoms with Gasteiger partial charge in [-0.05, 0) is 19.0 Å². The summed E-state index contributed by atoms with van der Waals surface area (Å²) in [5.41, 5.74) is -0.234. The first-order valence-electron chi connectivity index (χ1n) is 5.46. The molecule has 1 aromatic rings. The summed E-state index contributed by atoms with van der Waals surface area (Å²) in [7, 11) is -3.69. The second kappa shape index (κ2) is 5.01. The molecule has 0 saturated carbocycles. The summed E-state index contributed by atoms with van der Waals surface area (Å²) < 4.78 is 26.5. The predicted octanol–water partition coefficient (Wildman–Crippen LogP) is 0.235. The van der Waals surface area contributed by atoms with Crippen molar-refractivity contribution in [2.75, 3.05) is 13.1 Å². The minimum atomic E-state index is -3.69. The molecular weight excluding hydrogens is 258 g/mol. The Bertz CT molecular complexity index is 552. The number of nitro groups is 1. The molecule has 98 valence electrons. The fraction of sp³-hybridized carbons (Fsp3) is 0.400. The Morgan fingerprint density at radius 2 is 2.22 bits per heavy atom. The molecule has 1 aliphatic rings. The molecule has 0 amide bonds. The van der Waals surface area contributed by atoms with E-state index in [0.29, 0.717) is 13.0 Å². The van der Waals surface area contributed by atoms with E-state index < -0.39 is 14.9 Å². The van der Waals surface area contributed by atoms with Crippen LogP contribution < -0.4 is 10.0 Å². The van der Waals surface area contributed by atoms with Crippen LogP contribution in [0.1, 0.15) is 6.42 Å². The van der Waals surface area contributed by atoms with Gasteiger partial charge in [-0.3, -0.25) is 10.1 Å². The second-order valence-corrected chi connectivity index (χ2v) is 5.78. The van der Waals surface area contributed by atoms with Gasteiger partial charge in [-0.25, -0.2) is 13.1 Å². The third-order valence-electron chi connectivity index (χ3n) is 2.72. The molecular formula is C10H13N3O4S. The Morgan fingerprint density at radius 3 is 2.83 bits per heavy atom. The number of benzene rings is 1. The van der Waals surface area contributed by atoms with Crippen molar-refractivity contribution < 1.29 is 13.3 Å². The van der Waals surface area contributed by atoms with Crippen LogP contribution in [-0.2, 0) is 10.0 Å². The normalized spacial score (nSPS) is 19.9. The predicted molar refractivity (Wildman–Crippen MR) is 64.7 cm³/mol. The number of rotatable bonds is 4. The van der Waals surface area contributed by atoms with Crippen LogP contribution >= 0.6 is 0 Å². The van der Waals surface area contributed by atoms with Gasteiger partial charge < -0.3 is 5.32 Å². The molecule has 7 nitrogen and oxygen atoms in total. The van der Waals surface area contributed by atoms with Gasteiger partial charge in [-0.15, -0.1) is 0 Å². The molecule has 0 bridgehead atoms. The van der Waals surface area contributed by atoms with E-state index in [0.717, 1.165) is 12.6 Å². The molecule has 1 unspecified atom stereocenters. The van der Waals surface area contributed by atoms with Crippen LogP contribution in [0.25, 0.3) is 0 Å². The number of sulfonamides is 1. The highest BCUT2D eigenvalue weighted by Gasteiger charge is 2.23. The summed E-state index contributed by atoms with van der Waals surface area (Å²) in [5, 5.41) is 13.6. The lowest BCUT2D eigenvalue weighted by molar-refractivity contribution is -0.385. The Kier molecular flexibility index (Phi) is 3.60. The van der Waals surface area contributed by atoms with Crippen LogP contribution in [0.15, 0.2) is 29.2 Å². The van der Waals surface area contributed by atoms with Gasteiger partial charge in [-0.2, -0.15) is 0 Å². The molecule has 2 rings (SSSR count). The minimum absolute atomic E-state index is 0.0800. The minimum Gasteiger partial charge on any atom is -0.315 e. The maximum absolute atomic E-state index is 12.0. The van der Waals surface area contributed by atoms with Crippen molar-refractivity contribution in [1.82, 2.24) is 10.0 Å². The van der Waals surface area contributed by atoms with E-state index in [9.17, 15) is 18.5 Å². The highest BCUT2D eigenvalue weighted by atomic mass is 32.2. The van der Waals surface area contributed by atoms with Crippen LogP contribution in [0, 0.1) is 10.1 Å². The average Bonchev–Trinajstić information content (AvgIpc) is 2.81. The smallest absolute Gasteiger partial charge is 0.270 e. The zero-order chi connectivity index (χ0) is 13.2. The molecule has 0 aromatic heterocycles. The van der Waals surface area contributed by atoms with Crippen LogP contribution in [0.3, 0.4) is 0 Å². The molecule has 18 heavy (non-hydrogen) atoms. The second-order valence-electron chi connectivity index (χ2n) is 4.07. The third kappa shape index (κ3) is 2.84. The Balaban J connectivity index is 2.23. The lowest BCUT2D eigenvalue weighted by Gasteiger charge is -2.11. The summed E-state index contributed by atoms with van der Waals surface area (Å²) >= 11 is 0. The number of hydrogen-bond acceptors (Lipinski definition) is 5. The highest BCUT2D eigenvalue weighted by molar-refractivity contribution is 7.89. The van der Waals surface area contributed by atoms with Crippen molar-refractivity contribution in [2.24, 2.45) is 0 Å². The van der Waals surface area contributed by atoms with Gasteiger partial charge in [0.15, 0.2) is 0 Å². The van der Waals surface area contributed by atoms with Crippen molar-refractivity contribution >= 4 is 15.7 Å². The van der Waals surface area contributed by atoms with Crippen molar-refractivity contribution in [3.8, 4) is 0 Å². The van der Waals surface area contributed by atoms with Gasteiger partial charge in [0.05, 0.1) is 9.82 Å². The molecule has 1 heterocycles. The van der Waals surface area contributed by atoms with Crippen molar-refractivity contribution in [2.45, 2.75) is 17.4 Å². The van der Waals surface area contributed by atoms with E-state index in [-0.39, 0.29) is 16.6 Å². The lowest BCUT2D eigenvalue weighted by Crippen LogP contribution is -2.36. The zero-order valence-electron chi connectivity index (χ0n) is 9.50. The largest absolute Gasteiger partial charge is 0.315 e. The number of non-ortho nitro benzene ring substituents is 1. The van der Waals surface area contributed by atoms with Gasteiger partial charge in [-0.1, -0.05) is 6.07 Å². The maximum Gasteiger partial charge on any atom is 0.270 e. The number of nitro benzene ring substituents is 1. The topological polar surface area (TPSA) is 101 Å². The molecule has 1 saturated heterocycles. The lowest BCUT2D eigenvalue weighted by atomic mass is 10.3. The summed E-state index contributed by atoms with van der Waals surface area (Å²) in [6, 6.07) is 4.87. The molecule has 1 aliphatic heterocycles. The highest BCUT2D eigenvalue weighted by Crippen LogP contribution is 2.17. The Hall–Kier alpha value is -1.51. The van der Waals surface area contributed by atoms with Crippen molar-refractivity contribution in [3.63, 3.8) is 0 Å². The molecule has 0 aliphatic carbocycles. The van der Waals surface area contributed by atoms with E-state index in [1.807, 2.05) is 0 Å². The summed E-state index contributed by atoms with van der Waals surface area (Å²) in [5.74, 6) is 0. The molecule has 0 radical (unpaired) electrons. The van der Waals surface area contributed by atoms with Crippen LogP contribution in [0.5, 0.6) is 0 Å². The van der Waals surface area contributed by atoms with Crippen LogP contribution in [0.2, 0.25) is 0 Å². The van der Waals surface area contributed by atoms with E-state index in [2.05, 4.69) is 10.0 Å². The summed E-state index contributed by atoms with van der Waals surface area (Å²) in [6.45, 7) is 1.34. The van der Waals surface area contributed by atoms with E-state index in [4.69, 9.17) is 0 Å². The molecule has 1 atom stereocenters. The Labute approximate surface area is 104 Å². The fourth-order valence-corrected chi connectivity index (χ4v) is 3.12. The first-order chi connectivity index (χ1) is 8.49. The molecule has 1 fully saturated rings. The Morgan fingerprint density at radius 1 is 1.44 bits per heavy atom.